The van der Waals surface area contributed by atoms with Crippen LogP contribution in [-0.2, 0) is 24.3 Å². The fraction of sp³-hybridized carbons (Fsp3) is 0.364. The van der Waals surface area contributed by atoms with Gasteiger partial charge in [0.1, 0.15) is 0 Å². The van der Waals surface area contributed by atoms with Crippen molar-refractivity contribution in [3.8, 4) is 0 Å². The lowest BCUT2D eigenvalue weighted by Gasteiger charge is -2.08. The van der Waals surface area contributed by atoms with Crippen LogP contribution in [0, 0.1) is 0 Å². The molecule has 0 fully saturated rings. The summed E-state index contributed by atoms with van der Waals surface area (Å²) in [5.41, 5.74) is 1.91. The maximum Gasteiger partial charge on any atom is 0.404 e. The van der Waals surface area contributed by atoms with E-state index in [2.05, 4.69) is 26.2 Å². The summed E-state index contributed by atoms with van der Waals surface area (Å²) in [6, 6.07) is 12.9. The fourth-order valence-corrected chi connectivity index (χ4v) is 3.20. The number of nitrogens with zero attached hydrogens (tertiary/aromatic N) is 2. The molecular weight excluding hydrogens is 492 g/mol. The van der Waals surface area contributed by atoms with E-state index < -0.39 is 16.1 Å². The summed E-state index contributed by atoms with van der Waals surface area (Å²) in [4.78, 5) is 22.1. The molecule has 13 nitrogen and oxygen atoms in total. The second kappa shape index (κ2) is 15.4. The van der Waals surface area contributed by atoms with Crippen LogP contribution in [0.5, 0.6) is 0 Å². The first-order valence-corrected chi connectivity index (χ1v) is 12.6. The highest BCUT2D eigenvalue weighted by atomic mass is 32.2. The Balaban J connectivity index is 1.56. The first-order valence-electron chi connectivity index (χ1n) is 11.0. The van der Waals surface area contributed by atoms with Crippen LogP contribution in [0.1, 0.15) is 6.42 Å². The first kappa shape index (κ1) is 28.6. The maximum absolute atomic E-state index is 11.9. The van der Waals surface area contributed by atoms with Crippen LogP contribution in [0.25, 0.3) is 0 Å². The van der Waals surface area contributed by atoms with E-state index in [0.717, 1.165) is 5.69 Å². The van der Waals surface area contributed by atoms with Crippen LogP contribution in [-0.4, -0.2) is 71.6 Å². The monoisotopic (exact) mass is 522 g/mol. The Morgan fingerprint density at radius 2 is 1.33 bits per heavy atom. The summed E-state index contributed by atoms with van der Waals surface area (Å²) in [5.74, 6) is -0.110. The second-order valence-electron chi connectivity index (χ2n) is 7.27. The average molecular weight is 523 g/mol. The molecule has 0 saturated carbocycles. The minimum absolute atomic E-state index is 0.00502. The Morgan fingerprint density at radius 3 is 1.86 bits per heavy atom. The van der Waals surface area contributed by atoms with Gasteiger partial charge in [-0.2, -0.15) is 10.2 Å². The highest BCUT2D eigenvalue weighted by molar-refractivity contribution is 7.89. The number of amides is 2. The van der Waals surface area contributed by atoms with Gasteiger partial charge < -0.3 is 30.5 Å². The summed E-state index contributed by atoms with van der Waals surface area (Å²) < 4.78 is 33.0. The van der Waals surface area contributed by atoms with Crippen molar-refractivity contribution in [3.63, 3.8) is 0 Å². The molecule has 2 rings (SSSR count). The average Bonchev–Trinajstić information content (AvgIpc) is 2.84. The lowest BCUT2D eigenvalue weighted by molar-refractivity contribution is -0.121. The summed E-state index contributed by atoms with van der Waals surface area (Å²) in [6.45, 7) is 2.36. The summed E-state index contributed by atoms with van der Waals surface area (Å²) in [7, 11) is -3.75. The summed E-state index contributed by atoms with van der Waals surface area (Å²) in [6.07, 6.45) is -0.802. The van der Waals surface area contributed by atoms with Crippen LogP contribution < -0.4 is 21.1 Å². The number of hydrogen-bond acceptors (Lipinski definition) is 9. The molecule has 0 unspecified atom stereocenters. The zero-order valence-electron chi connectivity index (χ0n) is 19.6. The molecule has 0 aromatic heterocycles. The number of carbonyl (C=O) groups is 2. The molecular formula is C22H30N6O7S. The number of carboxylic acid groups (broad SMARTS) is 1. The van der Waals surface area contributed by atoms with Crippen LogP contribution in [0.2, 0.25) is 0 Å². The van der Waals surface area contributed by atoms with Crippen LogP contribution in [0.15, 0.2) is 63.7 Å². The molecule has 0 bridgehead atoms. The maximum atomic E-state index is 11.9. The zero-order chi connectivity index (χ0) is 26.2. The standard InChI is InChI=1S/C22H30N6O7S/c23-36(32,33)20-7-5-19(6-8-20)28-27-18-3-1-17(2-4-18)24-10-9-21(29)25-11-13-34-15-16-35-14-12-26-22(30)31/h1-8,24,26H,9-16H2,(H,25,29)(H,30,31)(H2,23,32,33). The van der Waals surface area contributed by atoms with Crippen molar-refractivity contribution in [2.45, 2.75) is 11.3 Å². The number of rotatable bonds is 16. The van der Waals surface area contributed by atoms with Gasteiger partial charge in [0.15, 0.2) is 0 Å². The van der Waals surface area contributed by atoms with Crippen molar-refractivity contribution in [1.82, 2.24) is 10.6 Å². The van der Waals surface area contributed by atoms with Gasteiger partial charge >= 0.3 is 6.09 Å². The number of benzene rings is 2. The predicted octanol–water partition coefficient (Wildman–Crippen LogP) is 1.97. The Hall–Kier alpha value is -3.59. The zero-order valence-corrected chi connectivity index (χ0v) is 20.4. The third-order valence-corrected chi connectivity index (χ3v) is 5.39. The van der Waals surface area contributed by atoms with Crippen molar-refractivity contribution in [1.29, 1.82) is 0 Å². The van der Waals surface area contributed by atoms with Crippen molar-refractivity contribution in [2.24, 2.45) is 15.4 Å². The Kier molecular flexibility index (Phi) is 12.3. The van der Waals surface area contributed by atoms with E-state index >= 15 is 0 Å². The fourth-order valence-electron chi connectivity index (χ4n) is 2.69. The van der Waals surface area contributed by atoms with E-state index in [1.54, 1.807) is 12.1 Å². The normalized spacial score (nSPS) is 11.4. The first-order chi connectivity index (χ1) is 17.2. The molecule has 0 atom stereocenters. The minimum atomic E-state index is -3.75. The van der Waals surface area contributed by atoms with Crippen molar-refractivity contribution < 1.29 is 32.6 Å². The van der Waals surface area contributed by atoms with Gasteiger partial charge in [-0.3, -0.25) is 4.79 Å². The molecule has 2 aromatic rings. The third kappa shape index (κ3) is 12.2. The lowest BCUT2D eigenvalue weighted by Crippen LogP contribution is -2.29. The SMILES string of the molecule is NS(=O)(=O)c1ccc(N=Nc2ccc(NCCC(=O)NCCOCCOCCNC(=O)O)cc2)cc1. The van der Waals surface area contributed by atoms with Gasteiger partial charge in [0, 0.05) is 31.7 Å². The van der Waals surface area contributed by atoms with Gasteiger partial charge in [0.2, 0.25) is 15.9 Å². The largest absolute Gasteiger partial charge is 0.465 e. The number of hydrogen-bond donors (Lipinski definition) is 5. The quantitative estimate of drug-likeness (QED) is 0.163. The van der Waals surface area contributed by atoms with Gasteiger partial charge in [-0.1, -0.05) is 0 Å². The minimum Gasteiger partial charge on any atom is -0.465 e. The van der Waals surface area contributed by atoms with Crippen LogP contribution in [0.4, 0.5) is 21.9 Å². The molecule has 14 heteroatoms. The van der Waals surface area contributed by atoms with E-state index in [1.165, 1.54) is 24.3 Å². The number of azo groups is 1. The van der Waals surface area contributed by atoms with Crippen LogP contribution in [0.3, 0.4) is 0 Å². The Morgan fingerprint density at radius 1 is 0.806 bits per heavy atom. The van der Waals surface area contributed by atoms with Crippen LogP contribution >= 0.6 is 0 Å². The van der Waals surface area contributed by atoms with Crippen molar-refractivity contribution in [3.05, 3.63) is 48.5 Å². The number of sulfonamides is 1. The third-order valence-electron chi connectivity index (χ3n) is 4.46. The number of anilines is 1. The summed E-state index contributed by atoms with van der Waals surface area (Å²) in [5, 5.41) is 29.7. The molecule has 0 aliphatic carbocycles. The molecule has 0 spiro atoms. The predicted molar refractivity (Wildman–Crippen MR) is 132 cm³/mol. The second-order valence-corrected chi connectivity index (χ2v) is 8.83. The number of ether oxygens (including phenoxy) is 2. The Bertz CT molecular complexity index is 1090. The highest BCUT2D eigenvalue weighted by Crippen LogP contribution is 2.21. The Labute approximate surface area is 209 Å². The molecule has 0 aliphatic rings. The van der Waals surface area contributed by atoms with E-state index in [-0.39, 0.29) is 30.4 Å². The van der Waals surface area contributed by atoms with Crippen molar-refractivity contribution in [2.75, 3.05) is 51.4 Å². The molecule has 0 saturated heterocycles. The molecule has 2 aromatic carbocycles. The molecule has 0 radical (unpaired) electrons. The number of primary sulfonamides is 1. The molecule has 6 N–H and O–H groups in total. The molecule has 0 aliphatic heterocycles. The molecule has 0 heterocycles. The van der Waals surface area contributed by atoms with E-state index in [0.29, 0.717) is 44.3 Å². The number of nitrogens with two attached hydrogens (primary N) is 1. The van der Waals surface area contributed by atoms with Gasteiger partial charge in [-0.25, -0.2) is 18.4 Å². The number of nitrogens with one attached hydrogen (secondary N) is 3. The number of carbonyl (C=O) groups excluding carboxylic acids is 1. The van der Waals surface area contributed by atoms with Crippen molar-refractivity contribution >= 4 is 39.1 Å². The molecule has 36 heavy (non-hydrogen) atoms. The van der Waals surface area contributed by atoms with Gasteiger partial charge in [-0.05, 0) is 48.5 Å². The van der Waals surface area contributed by atoms with Gasteiger partial charge in [0.05, 0.1) is 42.7 Å². The smallest absolute Gasteiger partial charge is 0.404 e. The lowest BCUT2D eigenvalue weighted by atomic mass is 10.3. The van der Waals surface area contributed by atoms with Gasteiger partial charge in [0.25, 0.3) is 0 Å². The molecule has 2 amide bonds. The van der Waals surface area contributed by atoms with E-state index in [1.807, 2.05) is 12.1 Å². The van der Waals surface area contributed by atoms with E-state index in [9.17, 15) is 18.0 Å². The molecule has 196 valence electrons. The topological polar surface area (TPSA) is 194 Å². The summed E-state index contributed by atoms with van der Waals surface area (Å²) >= 11 is 0. The van der Waals surface area contributed by atoms with E-state index in [4.69, 9.17) is 19.7 Å². The van der Waals surface area contributed by atoms with Gasteiger partial charge in [-0.15, -0.1) is 0 Å². The highest BCUT2D eigenvalue weighted by Gasteiger charge is 2.06.